The van der Waals surface area contributed by atoms with Gasteiger partial charge in [-0.3, -0.25) is 4.79 Å². The summed E-state index contributed by atoms with van der Waals surface area (Å²) in [4.78, 5) is 11.1. The Morgan fingerprint density at radius 2 is 2.20 bits per heavy atom. The molecule has 0 bridgehead atoms. The lowest BCUT2D eigenvalue weighted by Crippen LogP contribution is -2.47. The van der Waals surface area contributed by atoms with Crippen molar-refractivity contribution in [2.24, 2.45) is 11.7 Å². The fourth-order valence-corrected chi connectivity index (χ4v) is 2.50. The van der Waals surface area contributed by atoms with E-state index in [-0.39, 0.29) is 11.9 Å². The number of carbonyl (C=O) groups excluding carboxylic acids is 1. The fourth-order valence-electron chi connectivity index (χ4n) is 2.50. The maximum absolute atomic E-state index is 11.1. The van der Waals surface area contributed by atoms with E-state index in [9.17, 15) is 4.79 Å². The molecular formula is C12H24N2O. The van der Waals surface area contributed by atoms with Gasteiger partial charge in [0.05, 0.1) is 6.04 Å². The number of carbonyl (C=O) groups is 1. The van der Waals surface area contributed by atoms with E-state index in [0.717, 1.165) is 12.3 Å². The van der Waals surface area contributed by atoms with Crippen molar-refractivity contribution in [3.8, 4) is 0 Å². The molecule has 0 aromatic carbocycles. The first-order valence-corrected chi connectivity index (χ1v) is 6.22. The number of primary amides is 1. The molecule has 3 nitrogen and oxygen atoms in total. The summed E-state index contributed by atoms with van der Waals surface area (Å²) >= 11 is 0. The summed E-state index contributed by atoms with van der Waals surface area (Å²) in [6.07, 6.45) is 7.09. The molecule has 1 aliphatic rings. The first-order valence-electron chi connectivity index (χ1n) is 6.22. The monoisotopic (exact) mass is 212 g/mol. The third-order valence-electron chi connectivity index (χ3n) is 3.55. The van der Waals surface area contributed by atoms with E-state index in [0.29, 0.717) is 6.04 Å². The van der Waals surface area contributed by atoms with Crippen molar-refractivity contribution >= 4 is 5.91 Å². The van der Waals surface area contributed by atoms with Gasteiger partial charge < -0.3 is 11.1 Å². The van der Waals surface area contributed by atoms with Gasteiger partial charge in [-0.2, -0.15) is 0 Å². The van der Waals surface area contributed by atoms with Crippen molar-refractivity contribution < 1.29 is 4.79 Å². The molecule has 1 amide bonds. The highest BCUT2D eigenvalue weighted by Crippen LogP contribution is 2.26. The van der Waals surface area contributed by atoms with Gasteiger partial charge in [-0.05, 0) is 25.2 Å². The molecule has 1 fully saturated rings. The highest BCUT2D eigenvalue weighted by molar-refractivity contribution is 5.79. The van der Waals surface area contributed by atoms with Crippen LogP contribution < -0.4 is 11.1 Å². The van der Waals surface area contributed by atoms with Gasteiger partial charge in [0, 0.05) is 6.04 Å². The Morgan fingerprint density at radius 1 is 1.47 bits per heavy atom. The van der Waals surface area contributed by atoms with Crippen LogP contribution in [0.2, 0.25) is 0 Å². The Bertz CT molecular complexity index is 206. The second-order valence-corrected chi connectivity index (χ2v) is 4.67. The Balaban J connectivity index is 2.39. The van der Waals surface area contributed by atoms with Crippen molar-refractivity contribution in [1.82, 2.24) is 5.32 Å². The van der Waals surface area contributed by atoms with Crippen molar-refractivity contribution in [3.05, 3.63) is 0 Å². The Kier molecular flexibility index (Phi) is 5.09. The standard InChI is InChI=1S/C12H24N2O/c1-3-9-6-5-7-10(8-9)14-11(4-2)12(13)15/h9-11,14H,3-8H2,1-2H3,(H2,13,15). The van der Waals surface area contributed by atoms with E-state index >= 15 is 0 Å². The van der Waals surface area contributed by atoms with Crippen LogP contribution in [0.15, 0.2) is 0 Å². The summed E-state index contributed by atoms with van der Waals surface area (Å²) in [5.41, 5.74) is 5.33. The molecule has 0 aromatic heterocycles. The van der Waals surface area contributed by atoms with E-state index in [2.05, 4.69) is 12.2 Å². The van der Waals surface area contributed by atoms with Crippen LogP contribution in [0.3, 0.4) is 0 Å². The number of nitrogens with one attached hydrogen (secondary N) is 1. The molecule has 1 aliphatic carbocycles. The molecule has 0 heterocycles. The zero-order valence-corrected chi connectivity index (χ0v) is 9.96. The molecule has 1 rings (SSSR count). The van der Waals surface area contributed by atoms with E-state index < -0.39 is 0 Å². The molecule has 0 aromatic rings. The van der Waals surface area contributed by atoms with Gasteiger partial charge in [0.25, 0.3) is 0 Å². The molecule has 0 radical (unpaired) electrons. The fraction of sp³-hybridized carbons (Fsp3) is 0.917. The molecule has 0 aliphatic heterocycles. The first kappa shape index (κ1) is 12.5. The van der Waals surface area contributed by atoms with Gasteiger partial charge in [0.1, 0.15) is 0 Å². The molecule has 3 unspecified atom stereocenters. The van der Waals surface area contributed by atoms with Crippen LogP contribution in [0, 0.1) is 5.92 Å². The predicted octanol–water partition coefficient (Wildman–Crippen LogP) is 1.81. The van der Waals surface area contributed by atoms with Gasteiger partial charge in [-0.25, -0.2) is 0 Å². The molecule has 0 saturated heterocycles. The number of hydrogen-bond acceptors (Lipinski definition) is 2. The van der Waals surface area contributed by atoms with Crippen LogP contribution in [0.4, 0.5) is 0 Å². The average molecular weight is 212 g/mol. The predicted molar refractivity (Wildman–Crippen MR) is 62.4 cm³/mol. The second-order valence-electron chi connectivity index (χ2n) is 4.67. The third kappa shape index (κ3) is 3.82. The number of amides is 1. The van der Waals surface area contributed by atoms with E-state index in [1.165, 1.54) is 32.1 Å². The topological polar surface area (TPSA) is 55.1 Å². The largest absolute Gasteiger partial charge is 0.368 e. The number of nitrogens with two attached hydrogens (primary N) is 1. The minimum Gasteiger partial charge on any atom is -0.368 e. The van der Waals surface area contributed by atoms with Gasteiger partial charge in [0.15, 0.2) is 0 Å². The summed E-state index contributed by atoms with van der Waals surface area (Å²) in [5, 5.41) is 3.39. The molecule has 1 saturated carbocycles. The molecule has 3 atom stereocenters. The Labute approximate surface area is 92.8 Å². The number of rotatable bonds is 5. The summed E-state index contributed by atoms with van der Waals surface area (Å²) in [7, 11) is 0. The van der Waals surface area contributed by atoms with E-state index in [1.807, 2.05) is 6.92 Å². The van der Waals surface area contributed by atoms with Crippen LogP contribution in [-0.4, -0.2) is 18.0 Å². The highest BCUT2D eigenvalue weighted by atomic mass is 16.1. The van der Waals surface area contributed by atoms with Crippen molar-refractivity contribution in [2.75, 3.05) is 0 Å². The maximum Gasteiger partial charge on any atom is 0.234 e. The minimum atomic E-state index is -0.212. The molecule has 15 heavy (non-hydrogen) atoms. The van der Waals surface area contributed by atoms with E-state index in [4.69, 9.17) is 5.73 Å². The van der Waals surface area contributed by atoms with Crippen LogP contribution in [0.25, 0.3) is 0 Å². The molecular weight excluding hydrogens is 188 g/mol. The van der Waals surface area contributed by atoms with Gasteiger partial charge in [-0.15, -0.1) is 0 Å². The molecule has 3 heteroatoms. The normalized spacial score (nSPS) is 28.7. The average Bonchev–Trinajstić information content (AvgIpc) is 2.25. The Hall–Kier alpha value is -0.570. The minimum absolute atomic E-state index is 0.134. The molecule has 3 N–H and O–H groups in total. The van der Waals surface area contributed by atoms with Crippen LogP contribution in [-0.2, 0) is 4.79 Å². The zero-order chi connectivity index (χ0) is 11.3. The smallest absolute Gasteiger partial charge is 0.234 e. The lowest BCUT2D eigenvalue weighted by molar-refractivity contribution is -0.120. The van der Waals surface area contributed by atoms with Gasteiger partial charge >= 0.3 is 0 Å². The lowest BCUT2D eigenvalue weighted by atomic mass is 9.84. The summed E-state index contributed by atoms with van der Waals surface area (Å²) < 4.78 is 0. The molecule has 0 spiro atoms. The summed E-state index contributed by atoms with van der Waals surface area (Å²) in [5.74, 6) is 0.623. The lowest BCUT2D eigenvalue weighted by Gasteiger charge is -2.31. The van der Waals surface area contributed by atoms with Crippen LogP contribution >= 0.6 is 0 Å². The van der Waals surface area contributed by atoms with E-state index in [1.54, 1.807) is 0 Å². The maximum atomic E-state index is 11.1. The quantitative estimate of drug-likeness (QED) is 0.730. The summed E-state index contributed by atoms with van der Waals surface area (Å²) in [6.45, 7) is 4.25. The van der Waals surface area contributed by atoms with Gasteiger partial charge in [0.2, 0.25) is 5.91 Å². The van der Waals surface area contributed by atoms with Gasteiger partial charge in [-0.1, -0.05) is 33.1 Å². The van der Waals surface area contributed by atoms with Crippen LogP contribution in [0.5, 0.6) is 0 Å². The highest BCUT2D eigenvalue weighted by Gasteiger charge is 2.24. The Morgan fingerprint density at radius 3 is 2.73 bits per heavy atom. The van der Waals surface area contributed by atoms with Crippen molar-refractivity contribution in [2.45, 2.75) is 64.5 Å². The summed E-state index contributed by atoms with van der Waals surface area (Å²) in [6, 6.07) is 0.367. The van der Waals surface area contributed by atoms with Crippen molar-refractivity contribution in [1.29, 1.82) is 0 Å². The third-order valence-corrected chi connectivity index (χ3v) is 3.55. The zero-order valence-electron chi connectivity index (χ0n) is 9.96. The number of hydrogen-bond donors (Lipinski definition) is 2. The second kappa shape index (κ2) is 6.11. The van der Waals surface area contributed by atoms with Crippen molar-refractivity contribution in [3.63, 3.8) is 0 Å². The van der Waals surface area contributed by atoms with Crippen LogP contribution in [0.1, 0.15) is 52.4 Å². The first-order chi connectivity index (χ1) is 7.17. The SMILES string of the molecule is CCC1CCCC(NC(CC)C(N)=O)C1. The molecule has 88 valence electrons.